The Morgan fingerprint density at radius 3 is 2.47 bits per heavy atom. The van der Waals surface area contributed by atoms with Crippen LogP contribution in [-0.4, -0.2) is 39.9 Å². The number of nitrogens with one attached hydrogen (secondary N) is 3. The van der Waals surface area contributed by atoms with Gasteiger partial charge < -0.3 is 20.5 Å². The summed E-state index contributed by atoms with van der Waals surface area (Å²) in [6.07, 6.45) is 7.50. The van der Waals surface area contributed by atoms with Crippen LogP contribution in [0.4, 0.5) is 5.82 Å². The molecule has 0 aliphatic carbocycles. The smallest absolute Gasteiger partial charge is 0.253 e. The molecular weight excluding hydrogens is 450 g/mol. The van der Waals surface area contributed by atoms with Crippen LogP contribution < -0.4 is 15.5 Å². The first-order chi connectivity index (χ1) is 17.7. The van der Waals surface area contributed by atoms with E-state index in [1.54, 1.807) is 6.20 Å². The van der Waals surface area contributed by atoms with Crippen molar-refractivity contribution < 1.29 is 9.59 Å². The van der Waals surface area contributed by atoms with E-state index in [0.717, 1.165) is 48.0 Å². The van der Waals surface area contributed by atoms with Crippen molar-refractivity contribution in [1.82, 2.24) is 20.6 Å². The van der Waals surface area contributed by atoms with Crippen LogP contribution in [0.25, 0.3) is 10.9 Å². The summed E-state index contributed by atoms with van der Waals surface area (Å²) in [5.41, 5.74) is 3.31. The molecule has 2 amide bonds. The Morgan fingerprint density at radius 1 is 0.917 bits per heavy atom. The maximum absolute atomic E-state index is 13.1. The maximum atomic E-state index is 13.1. The van der Waals surface area contributed by atoms with Crippen molar-refractivity contribution >= 4 is 28.5 Å². The summed E-state index contributed by atoms with van der Waals surface area (Å²) in [5, 5.41) is 7.20. The lowest BCUT2D eigenvalue weighted by molar-refractivity contribution is 0.0926. The molecule has 3 N–H and O–H groups in total. The van der Waals surface area contributed by atoms with Crippen LogP contribution in [0, 0.1) is 0 Å². The van der Waals surface area contributed by atoms with E-state index in [2.05, 4.69) is 25.5 Å². The second-order valence-electron chi connectivity index (χ2n) is 9.75. The van der Waals surface area contributed by atoms with E-state index in [1.807, 2.05) is 72.9 Å². The van der Waals surface area contributed by atoms with Crippen LogP contribution >= 0.6 is 0 Å². The first-order valence-corrected chi connectivity index (χ1v) is 12.6. The molecule has 7 nitrogen and oxygen atoms in total. The van der Waals surface area contributed by atoms with Crippen molar-refractivity contribution in [2.75, 3.05) is 4.90 Å². The first kappa shape index (κ1) is 22.3. The summed E-state index contributed by atoms with van der Waals surface area (Å²) < 4.78 is 0. The summed E-state index contributed by atoms with van der Waals surface area (Å²) in [7, 11) is 0. The summed E-state index contributed by atoms with van der Waals surface area (Å²) in [6.45, 7) is 0.489. The molecule has 2 saturated heterocycles. The van der Waals surface area contributed by atoms with Gasteiger partial charge in [0.05, 0.1) is 5.56 Å². The van der Waals surface area contributed by atoms with E-state index in [9.17, 15) is 9.59 Å². The average Bonchev–Trinajstić information content (AvgIpc) is 3.50. The molecule has 4 aromatic rings. The quantitative estimate of drug-likeness (QED) is 0.382. The Labute approximate surface area is 209 Å². The van der Waals surface area contributed by atoms with Crippen LogP contribution in [-0.2, 0) is 6.54 Å². The minimum Gasteiger partial charge on any atom is -0.361 e. The predicted octanol–water partition coefficient (Wildman–Crippen LogP) is 4.42. The van der Waals surface area contributed by atoms with Gasteiger partial charge in [0.25, 0.3) is 11.8 Å². The van der Waals surface area contributed by atoms with Crippen LogP contribution in [0.15, 0.2) is 79.1 Å². The molecule has 2 unspecified atom stereocenters. The minimum absolute atomic E-state index is 0.0120. The van der Waals surface area contributed by atoms with Crippen LogP contribution in [0.3, 0.4) is 0 Å². The minimum atomic E-state index is -0.125. The average molecular weight is 480 g/mol. The largest absolute Gasteiger partial charge is 0.361 e. The van der Waals surface area contributed by atoms with E-state index >= 15 is 0 Å². The second kappa shape index (κ2) is 9.49. The van der Waals surface area contributed by atoms with Gasteiger partial charge in [-0.15, -0.1) is 0 Å². The molecule has 182 valence electrons. The molecule has 2 aliphatic rings. The lowest BCUT2D eigenvalue weighted by Gasteiger charge is -2.40. The predicted molar refractivity (Wildman–Crippen MR) is 140 cm³/mol. The van der Waals surface area contributed by atoms with Gasteiger partial charge in [-0.25, -0.2) is 4.98 Å². The number of piperidine rings is 1. The molecule has 2 aromatic heterocycles. The van der Waals surface area contributed by atoms with Gasteiger partial charge >= 0.3 is 0 Å². The Morgan fingerprint density at radius 2 is 1.72 bits per heavy atom. The Balaban J connectivity index is 1.09. The van der Waals surface area contributed by atoms with Crippen LogP contribution in [0.2, 0.25) is 0 Å². The van der Waals surface area contributed by atoms with E-state index in [4.69, 9.17) is 0 Å². The molecule has 0 spiro atoms. The summed E-state index contributed by atoms with van der Waals surface area (Å²) in [4.78, 5) is 35.9. The molecule has 6 rings (SSSR count). The number of aromatic nitrogens is 2. The van der Waals surface area contributed by atoms with Crippen LogP contribution in [0.1, 0.15) is 52.0 Å². The van der Waals surface area contributed by atoms with Crippen molar-refractivity contribution in [2.24, 2.45) is 0 Å². The molecular formula is C29H29N5O2. The number of amides is 2. The lowest BCUT2D eigenvalue weighted by atomic mass is 9.96. The molecule has 2 aromatic carbocycles. The van der Waals surface area contributed by atoms with Crippen molar-refractivity contribution in [2.45, 2.75) is 50.4 Å². The number of benzene rings is 2. The number of rotatable bonds is 6. The van der Waals surface area contributed by atoms with E-state index in [0.29, 0.717) is 29.8 Å². The van der Waals surface area contributed by atoms with Gasteiger partial charge in [-0.2, -0.15) is 0 Å². The summed E-state index contributed by atoms with van der Waals surface area (Å²) in [5.74, 6) is 0.769. The van der Waals surface area contributed by atoms with E-state index < -0.39 is 0 Å². The first-order valence-electron chi connectivity index (χ1n) is 12.6. The molecule has 2 atom stereocenters. The highest BCUT2D eigenvalue weighted by Crippen LogP contribution is 2.38. The second-order valence-corrected chi connectivity index (χ2v) is 9.75. The topological polar surface area (TPSA) is 90.1 Å². The number of hydrogen-bond acceptors (Lipinski definition) is 4. The standard InChI is InChI=1S/C29H29N5O2/c35-28(32-17-19-5-2-1-3-6-19)20-9-12-27(31-18-20)34-22-10-11-23(34)16-21(15-22)33-29(36)25-7-4-8-26-24(25)13-14-30-26/h1-9,12-14,18,21-23,30H,10-11,15-17H2,(H,32,35)(H,33,36). The van der Waals surface area contributed by atoms with Gasteiger partial charge in [0.2, 0.25) is 0 Å². The summed E-state index contributed by atoms with van der Waals surface area (Å²) in [6, 6.07) is 22.2. The fourth-order valence-corrected chi connectivity index (χ4v) is 5.77. The van der Waals surface area contributed by atoms with Gasteiger partial charge in [-0.05, 0) is 61.6 Å². The lowest BCUT2D eigenvalue weighted by Crippen LogP contribution is -2.50. The van der Waals surface area contributed by atoms with Crippen molar-refractivity contribution in [1.29, 1.82) is 0 Å². The van der Waals surface area contributed by atoms with Gasteiger partial charge in [-0.3, -0.25) is 9.59 Å². The normalized spacial score (nSPS) is 20.9. The van der Waals surface area contributed by atoms with E-state index in [-0.39, 0.29) is 17.9 Å². The molecule has 2 bridgehead atoms. The molecule has 2 aliphatic heterocycles. The Bertz CT molecular complexity index is 1370. The molecule has 36 heavy (non-hydrogen) atoms. The number of carbonyl (C=O) groups is 2. The number of aromatic amines is 1. The number of fused-ring (bicyclic) bond motifs is 3. The molecule has 4 heterocycles. The van der Waals surface area contributed by atoms with Gasteiger partial charge in [-0.1, -0.05) is 36.4 Å². The SMILES string of the molecule is O=C(NCc1ccccc1)c1ccc(N2C3CCC2CC(NC(=O)c2cccc4[nH]ccc24)C3)nc1. The number of anilines is 1. The fraction of sp³-hybridized carbons (Fsp3) is 0.276. The highest BCUT2D eigenvalue weighted by atomic mass is 16.2. The number of nitrogens with zero attached hydrogens (tertiary/aromatic N) is 2. The van der Waals surface area contributed by atoms with Crippen molar-refractivity contribution in [3.63, 3.8) is 0 Å². The zero-order valence-electron chi connectivity index (χ0n) is 20.0. The zero-order valence-corrected chi connectivity index (χ0v) is 20.0. The molecule has 2 fully saturated rings. The zero-order chi connectivity index (χ0) is 24.5. The highest BCUT2D eigenvalue weighted by molar-refractivity contribution is 6.06. The maximum Gasteiger partial charge on any atom is 0.253 e. The third kappa shape index (κ3) is 4.33. The van der Waals surface area contributed by atoms with Gasteiger partial charge in [0, 0.05) is 53.5 Å². The van der Waals surface area contributed by atoms with Gasteiger partial charge in [0.15, 0.2) is 0 Å². The Hall–Kier alpha value is -4.13. The monoisotopic (exact) mass is 479 g/mol. The number of carbonyl (C=O) groups excluding carboxylic acids is 2. The van der Waals surface area contributed by atoms with Crippen molar-refractivity contribution in [3.8, 4) is 0 Å². The van der Waals surface area contributed by atoms with Crippen molar-refractivity contribution in [3.05, 3.63) is 95.8 Å². The fourth-order valence-electron chi connectivity index (χ4n) is 5.77. The summed E-state index contributed by atoms with van der Waals surface area (Å²) >= 11 is 0. The third-order valence-electron chi connectivity index (χ3n) is 7.48. The number of H-pyrrole nitrogens is 1. The highest BCUT2D eigenvalue weighted by Gasteiger charge is 2.41. The molecule has 7 heteroatoms. The van der Waals surface area contributed by atoms with Gasteiger partial charge in [0.1, 0.15) is 5.82 Å². The molecule has 0 saturated carbocycles. The third-order valence-corrected chi connectivity index (χ3v) is 7.48. The number of pyridine rings is 1. The Kier molecular flexibility index (Phi) is 5.89. The van der Waals surface area contributed by atoms with Crippen LogP contribution in [0.5, 0.6) is 0 Å². The van der Waals surface area contributed by atoms with E-state index in [1.165, 1.54) is 0 Å². The molecule has 0 radical (unpaired) electrons. The number of hydrogen-bond donors (Lipinski definition) is 3.